The summed E-state index contributed by atoms with van der Waals surface area (Å²) in [6, 6.07) is -0.102. The Morgan fingerprint density at radius 1 is 1.32 bits per heavy atom. The number of hydrogen-bond donors (Lipinski definition) is 3. The number of rotatable bonds is 8. The summed E-state index contributed by atoms with van der Waals surface area (Å²) >= 11 is 1.39. The number of fused-ring (bicyclic) bond motifs is 1. The molecule has 0 bridgehead atoms. The second kappa shape index (κ2) is 9.01. The molecule has 0 unspecified atom stereocenters. The monoisotopic (exact) mass is 489 g/mol. The van der Waals surface area contributed by atoms with E-state index in [4.69, 9.17) is 10.5 Å². The smallest absolute Gasteiger partial charge is 0.360 e. The summed E-state index contributed by atoms with van der Waals surface area (Å²) in [5.74, 6) is -1.06. The van der Waals surface area contributed by atoms with Crippen LogP contribution in [0.5, 0.6) is 0 Å². The van der Waals surface area contributed by atoms with Crippen molar-refractivity contribution in [1.82, 2.24) is 14.9 Å². The largest absolute Gasteiger partial charge is 0.461 e. The zero-order chi connectivity index (χ0) is 24.0. The van der Waals surface area contributed by atoms with Crippen molar-refractivity contribution in [3.05, 3.63) is 28.0 Å². The van der Waals surface area contributed by atoms with Gasteiger partial charge in [0.05, 0.1) is 24.4 Å². The number of ether oxygens (including phenoxy) is 1. The average molecular weight is 490 g/mol. The number of aromatic nitrogens is 2. The summed E-state index contributed by atoms with van der Waals surface area (Å²) in [6.07, 6.45) is 4.80. The molecule has 2 fully saturated rings. The van der Waals surface area contributed by atoms with Crippen LogP contribution >= 0.6 is 11.3 Å². The van der Waals surface area contributed by atoms with Gasteiger partial charge in [0.25, 0.3) is 5.91 Å². The van der Waals surface area contributed by atoms with Crippen molar-refractivity contribution >= 4 is 39.9 Å². The highest BCUT2D eigenvalue weighted by Crippen LogP contribution is 2.43. The number of imidazole rings is 1. The molecule has 0 aliphatic heterocycles. The minimum atomic E-state index is -1.11. The Morgan fingerprint density at radius 2 is 2.09 bits per heavy atom. The summed E-state index contributed by atoms with van der Waals surface area (Å²) in [7, 11) is 0. The first-order valence-corrected chi connectivity index (χ1v) is 12.6. The van der Waals surface area contributed by atoms with E-state index in [1.54, 1.807) is 11.5 Å². The molecule has 11 heteroatoms. The number of hydrogen-bond acceptors (Lipinski definition) is 7. The maximum atomic E-state index is 13.4. The Hall–Kier alpha value is -2.95. The van der Waals surface area contributed by atoms with Gasteiger partial charge in [-0.05, 0) is 56.9 Å². The second-order valence-electron chi connectivity index (χ2n) is 9.21. The SMILES string of the molecule is CCOC(=O)c1ncn([C@H]2CCc3sc(NC(=O)[C@@H]4C[C@@H]4F)c(C(=O)NCC4CC4)c3C2)c1N. The van der Waals surface area contributed by atoms with Gasteiger partial charge >= 0.3 is 5.97 Å². The topological polar surface area (TPSA) is 128 Å². The van der Waals surface area contributed by atoms with Crippen LogP contribution in [0.15, 0.2) is 6.33 Å². The van der Waals surface area contributed by atoms with E-state index in [0.717, 1.165) is 29.7 Å². The van der Waals surface area contributed by atoms with Crippen LogP contribution in [0.3, 0.4) is 0 Å². The number of carbonyl (C=O) groups is 3. The van der Waals surface area contributed by atoms with E-state index in [0.29, 0.717) is 35.9 Å². The molecule has 2 amide bonds. The van der Waals surface area contributed by atoms with Crippen LogP contribution in [0.25, 0.3) is 0 Å². The van der Waals surface area contributed by atoms with E-state index in [2.05, 4.69) is 15.6 Å². The standard InChI is InChI=1S/C23H28FN5O4S/c1-2-33-23(32)18-19(25)29(10-27-18)12-5-6-16-14(7-12)17(21(31)26-9-11-3-4-11)22(34-16)28-20(30)13-8-15(13)24/h10-13,15H,2-9,25H2,1H3,(H,26,31)(H,28,30)/t12-,13+,15-/m0/s1. The predicted octanol–water partition coefficient (Wildman–Crippen LogP) is 2.87. The molecule has 9 nitrogen and oxygen atoms in total. The third-order valence-corrected chi connectivity index (χ3v) is 7.90. The van der Waals surface area contributed by atoms with E-state index in [-0.39, 0.29) is 42.4 Å². The Kier molecular flexibility index (Phi) is 6.05. The highest BCUT2D eigenvalue weighted by Gasteiger charge is 2.44. The van der Waals surface area contributed by atoms with Gasteiger partial charge in [0.15, 0.2) is 5.69 Å². The first kappa shape index (κ1) is 22.8. The highest BCUT2D eigenvalue weighted by molar-refractivity contribution is 7.17. The summed E-state index contributed by atoms with van der Waals surface area (Å²) in [5.41, 5.74) is 7.63. The van der Waals surface area contributed by atoms with E-state index < -0.39 is 18.1 Å². The zero-order valence-corrected chi connectivity index (χ0v) is 19.8. The van der Waals surface area contributed by atoms with Crippen molar-refractivity contribution in [1.29, 1.82) is 0 Å². The number of thiophene rings is 1. The van der Waals surface area contributed by atoms with Crippen LogP contribution in [0, 0.1) is 11.8 Å². The lowest BCUT2D eigenvalue weighted by Gasteiger charge is -2.25. The highest BCUT2D eigenvalue weighted by atomic mass is 32.1. The normalized spacial score (nSPS) is 23.2. The van der Waals surface area contributed by atoms with Crippen molar-refractivity contribution in [2.24, 2.45) is 11.8 Å². The minimum absolute atomic E-state index is 0.0820. The van der Waals surface area contributed by atoms with Crippen molar-refractivity contribution < 1.29 is 23.5 Å². The van der Waals surface area contributed by atoms with Crippen molar-refractivity contribution in [3.63, 3.8) is 0 Å². The number of amides is 2. The van der Waals surface area contributed by atoms with Gasteiger partial charge in [0, 0.05) is 17.5 Å². The molecule has 2 aromatic heterocycles. The molecular weight excluding hydrogens is 461 g/mol. The molecule has 34 heavy (non-hydrogen) atoms. The Labute approximate surface area is 200 Å². The lowest BCUT2D eigenvalue weighted by Crippen LogP contribution is -2.29. The molecule has 3 atom stereocenters. The number of nitrogens with two attached hydrogens (primary N) is 1. The van der Waals surface area contributed by atoms with Crippen LogP contribution in [0.4, 0.5) is 15.2 Å². The second-order valence-corrected chi connectivity index (χ2v) is 10.3. The number of anilines is 2. The fraction of sp³-hybridized carbons (Fsp3) is 0.565. The van der Waals surface area contributed by atoms with Gasteiger partial charge < -0.3 is 25.7 Å². The average Bonchev–Trinajstić information content (AvgIpc) is 3.70. The number of carbonyl (C=O) groups excluding carboxylic acids is 3. The van der Waals surface area contributed by atoms with E-state index >= 15 is 0 Å². The van der Waals surface area contributed by atoms with E-state index in [9.17, 15) is 18.8 Å². The third-order valence-electron chi connectivity index (χ3n) is 6.69. The number of esters is 1. The lowest BCUT2D eigenvalue weighted by molar-refractivity contribution is -0.117. The molecule has 3 aliphatic rings. The minimum Gasteiger partial charge on any atom is -0.461 e. The number of nitrogen functional groups attached to an aromatic ring is 1. The van der Waals surface area contributed by atoms with Crippen LogP contribution < -0.4 is 16.4 Å². The molecule has 4 N–H and O–H groups in total. The molecule has 3 aliphatic carbocycles. The van der Waals surface area contributed by atoms with Gasteiger partial charge in [-0.25, -0.2) is 14.2 Å². The summed E-state index contributed by atoms with van der Waals surface area (Å²) in [6.45, 7) is 2.55. The van der Waals surface area contributed by atoms with Crippen molar-refractivity contribution in [2.45, 2.75) is 57.7 Å². The van der Waals surface area contributed by atoms with Gasteiger partial charge in [-0.15, -0.1) is 11.3 Å². The van der Waals surface area contributed by atoms with Gasteiger partial charge in [-0.3, -0.25) is 9.59 Å². The lowest BCUT2D eigenvalue weighted by atomic mass is 9.91. The molecule has 0 spiro atoms. The van der Waals surface area contributed by atoms with Crippen LogP contribution in [0.1, 0.15) is 69.9 Å². The molecular formula is C23H28FN5O4S. The molecule has 0 radical (unpaired) electrons. The molecule has 0 aromatic carbocycles. The fourth-order valence-corrected chi connectivity index (χ4v) is 5.68. The Balaban J connectivity index is 1.41. The zero-order valence-electron chi connectivity index (χ0n) is 18.9. The number of nitrogens with zero attached hydrogens (tertiary/aromatic N) is 2. The van der Waals surface area contributed by atoms with Gasteiger partial charge in [0.2, 0.25) is 5.91 Å². The summed E-state index contributed by atoms with van der Waals surface area (Å²) in [4.78, 5) is 43.0. The van der Waals surface area contributed by atoms with Crippen LogP contribution in [-0.2, 0) is 22.4 Å². The molecule has 2 saturated carbocycles. The summed E-state index contributed by atoms with van der Waals surface area (Å²) in [5, 5.41) is 6.30. The van der Waals surface area contributed by atoms with Gasteiger partial charge in [-0.2, -0.15) is 0 Å². The number of alkyl halides is 1. The number of halogens is 1. The first-order chi connectivity index (χ1) is 16.4. The van der Waals surface area contributed by atoms with E-state index in [1.807, 2.05) is 0 Å². The Bertz CT molecular complexity index is 1140. The number of aryl methyl sites for hydroxylation is 1. The maximum Gasteiger partial charge on any atom is 0.360 e. The van der Waals surface area contributed by atoms with E-state index in [1.165, 1.54) is 17.7 Å². The third kappa shape index (κ3) is 4.40. The van der Waals surface area contributed by atoms with Crippen molar-refractivity contribution in [3.8, 4) is 0 Å². The molecule has 182 valence electrons. The summed E-state index contributed by atoms with van der Waals surface area (Å²) < 4.78 is 20.2. The van der Waals surface area contributed by atoms with Crippen LogP contribution in [0.2, 0.25) is 0 Å². The predicted molar refractivity (Wildman–Crippen MR) is 125 cm³/mol. The van der Waals surface area contributed by atoms with Gasteiger partial charge in [0.1, 0.15) is 17.0 Å². The molecule has 2 heterocycles. The molecule has 5 rings (SSSR count). The van der Waals surface area contributed by atoms with Gasteiger partial charge in [-0.1, -0.05) is 0 Å². The quantitative estimate of drug-likeness (QED) is 0.489. The Morgan fingerprint density at radius 3 is 2.76 bits per heavy atom. The fourth-order valence-electron chi connectivity index (χ4n) is 4.44. The molecule has 0 saturated heterocycles. The van der Waals surface area contributed by atoms with Crippen molar-refractivity contribution in [2.75, 3.05) is 24.2 Å². The maximum absolute atomic E-state index is 13.4. The first-order valence-electron chi connectivity index (χ1n) is 11.7. The van der Waals surface area contributed by atoms with Crippen LogP contribution in [-0.4, -0.2) is 46.7 Å². The number of nitrogens with one attached hydrogen (secondary N) is 2. The molecule has 2 aromatic rings.